The third-order valence-electron chi connectivity index (χ3n) is 12.6. The number of hydrogen-bond donors (Lipinski definition) is 0. The van der Waals surface area contributed by atoms with Crippen LogP contribution in [0, 0.1) is 0 Å². The standard InChI is InChI=1S/C59H48N4S/c1-58(2,3)43-33-44(59(4,5)6)35-45(34-43)63-51-20-14-13-19-46(51)47-31-41(25-27-52(47)63)42-26-28-53-48(32-42)55-54(64-53)29-30-60-56(55)39-21-23-40(24-22-39)57-61-49(37-15-9-7-10-16-37)36-50(62-57)38-17-11-8-12-18-38/h7-36H,1-6H3. The van der Waals surface area contributed by atoms with E-state index in [2.05, 4.69) is 186 Å². The highest BCUT2D eigenvalue weighted by Crippen LogP contribution is 2.43. The fourth-order valence-corrected chi connectivity index (χ4v) is 10.1. The quantitative estimate of drug-likeness (QED) is 0.167. The van der Waals surface area contributed by atoms with Crippen LogP contribution in [-0.4, -0.2) is 19.5 Å². The Balaban J connectivity index is 0.998. The van der Waals surface area contributed by atoms with Crippen molar-refractivity contribution in [3.05, 3.63) is 193 Å². The van der Waals surface area contributed by atoms with Gasteiger partial charge in [0.2, 0.25) is 0 Å². The molecule has 0 aliphatic carbocycles. The molecule has 11 aromatic rings. The number of rotatable bonds is 6. The molecule has 0 spiro atoms. The first-order valence-corrected chi connectivity index (χ1v) is 22.9. The molecular weight excluding hydrogens is 797 g/mol. The van der Waals surface area contributed by atoms with Crippen molar-refractivity contribution in [3.8, 4) is 62.0 Å². The lowest BCUT2D eigenvalue weighted by atomic mass is 9.80. The highest BCUT2D eigenvalue weighted by atomic mass is 32.1. The molecule has 0 bridgehead atoms. The second-order valence-electron chi connectivity index (χ2n) is 19.0. The van der Waals surface area contributed by atoms with Crippen molar-refractivity contribution in [2.24, 2.45) is 0 Å². The van der Waals surface area contributed by atoms with Gasteiger partial charge in [-0.15, -0.1) is 11.3 Å². The molecule has 0 saturated heterocycles. The van der Waals surface area contributed by atoms with Gasteiger partial charge in [0.1, 0.15) is 0 Å². The molecule has 4 aromatic heterocycles. The van der Waals surface area contributed by atoms with Crippen molar-refractivity contribution < 1.29 is 0 Å². The van der Waals surface area contributed by atoms with E-state index in [0.29, 0.717) is 5.82 Å². The molecule has 0 atom stereocenters. The molecule has 0 amide bonds. The Labute approximate surface area is 378 Å². The fourth-order valence-electron chi connectivity index (χ4n) is 9.02. The molecule has 4 nitrogen and oxygen atoms in total. The van der Waals surface area contributed by atoms with Crippen molar-refractivity contribution in [2.45, 2.75) is 52.4 Å². The van der Waals surface area contributed by atoms with E-state index in [1.807, 2.05) is 53.9 Å². The maximum atomic E-state index is 5.07. The van der Waals surface area contributed by atoms with E-state index in [1.165, 1.54) is 69.9 Å². The number of hydrogen-bond acceptors (Lipinski definition) is 4. The molecule has 0 radical (unpaired) electrons. The van der Waals surface area contributed by atoms with Crippen molar-refractivity contribution in [3.63, 3.8) is 0 Å². The molecule has 0 N–H and O–H groups in total. The minimum absolute atomic E-state index is 0.0166. The first-order valence-electron chi connectivity index (χ1n) is 22.1. The predicted molar refractivity (Wildman–Crippen MR) is 272 cm³/mol. The van der Waals surface area contributed by atoms with Gasteiger partial charge in [-0.1, -0.05) is 163 Å². The zero-order chi connectivity index (χ0) is 43.7. The van der Waals surface area contributed by atoms with Gasteiger partial charge in [-0.25, -0.2) is 9.97 Å². The van der Waals surface area contributed by atoms with E-state index in [1.54, 1.807) is 0 Å². The van der Waals surface area contributed by atoms with Gasteiger partial charge in [0.25, 0.3) is 0 Å². The molecule has 0 aliphatic heterocycles. The Kier molecular flexibility index (Phi) is 9.44. The zero-order valence-electron chi connectivity index (χ0n) is 37.0. The Morgan fingerprint density at radius 1 is 0.422 bits per heavy atom. The van der Waals surface area contributed by atoms with Gasteiger partial charge in [0.15, 0.2) is 5.82 Å². The maximum absolute atomic E-state index is 5.07. The van der Waals surface area contributed by atoms with Gasteiger partial charge in [0.05, 0.1) is 28.1 Å². The first kappa shape index (κ1) is 39.6. The summed E-state index contributed by atoms with van der Waals surface area (Å²) >= 11 is 1.82. The summed E-state index contributed by atoms with van der Waals surface area (Å²) < 4.78 is 4.93. The molecule has 0 saturated carbocycles. The third-order valence-corrected chi connectivity index (χ3v) is 13.7. The summed E-state index contributed by atoms with van der Waals surface area (Å²) in [7, 11) is 0. The number of pyridine rings is 1. The van der Waals surface area contributed by atoms with Crippen molar-refractivity contribution >= 4 is 53.3 Å². The molecule has 0 unspecified atom stereocenters. The van der Waals surface area contributed by atoms with E-state index in [9.17, 15) is 0 Å². The van der Waals surface area contributed by atoms with Crippen LogP contribution < -0.4 is 0 Å². The monoisotopic (exact) mass is 844 g/mol. The van der Waals surface area contributed by atoms with Crippen LogP contribution in [0.15, 0.2) is 182 Å². The second kappa shape index (κ2) is 15.3. The number of nitrogens with zero attached hydrogens (tertiary/aromatic N) is 4. The second-order valence-corrected chi connectivity index (χ2v) is 20.1. The minimum Gasteiger partial charge on any atom is -0.309 e. The summed E-state index contributed by atoms with van der Waals surface area (Å²) in [6.07, 6.45) is 1.94. The summed E-state index contributed by atoms with van der Waals surface area (Å²) in [5.74, 6) is 0.691. The lowest BCUT2D eigenvalue weighted by Crippen LogP contribution is -2.17. The van der Waals surface area contributed by atoms with E-state index < -0.39 is 0 Å². The highest BCUT2D eigenvalue weighted by molar-refractivity contribution is 7.25. The van der Waals surface area contributed by atoms with Gasteiger partial charge in [0, 0.05) is 65.1 Å². The molecule has 0 aliphatic rings. The zero-order valence-corrected chi connectivity index (χ0v) is 37.8. The number of thiophene rings is 1. The lowest BCUT2D eigenvalue weighted by Gasteiger charge is -2.26. The Hall–Kier alpha value is -7.21. The van der Waals surface area contributed by atoms with Crippen LogP contribution in [0.25, 0.3) is 104 Å². The molecular formula is C59H48N4S. The van der Waals surface area contributed by atoms with Crippen LogP contribution in [0.5, 0.6) is 0 Å². The summed E-state index contributed by atoms with van der Waals surface area (Å²) in [5, 5.41) is 4.89. The minimum atomic E-state index is 0.0166. The number of para-hydroxylation sites is 1. The number of benzene rings is 7. The van der Waals surface area contributed by atoms with Gasteiger partial charge in [-0.3, -0.25) is 4.98 Å². The molecule has 11 rings (SSSR count). The summed E-state index contributed by atoms with van der Waals surface area (Å²) in [6.45, 7) is 13.9. The Morgan fingerprint density at radius 3 is 1.61 bits per heavy atom. The summed E-state index contributed by atoms with van der Waals surface area (Å²) in [5.41, 5.74) is 15.6. The Morgan fingerprint density at radius 2 is 0.969 bits per heavy atom. The van der Waals surface area contributed by atoms with Crippen molar-refractivity contribution in [1.29, 1.82) is 0 Å². The maximum Gasteiger partial charge on any atom is 0.160 e. The molecule has 0 fully saturated rings. The largest absolute Gasteiger partial charge is 0.309 e. The Bertz CT molecular complexity index is 3460. The fraction of sp³-hybridized carbons (Fsp3) is 0.136. The van der Waals surface area contributed by atoms with Crippen LogP contribution in [0.2, 0.25) is 0 Å². The van der Waals surface area contributed by atoms with Gasteiger partial charge < -0.3 is 4.57 Å². The normalized spacial score (nSPS) is 12.2. The SMILES string of the molecule is CC(C)(C)c1cc(-n2c3ccccc3c3cc(-c4ccc5sc6ccnc(-c7ccc(-c8nc(-c9ccccc9)cc(-c9ccccc9)n8)cc7)c6c5c4)ccc32)cc(C(C)(C)C)c1. The molecule has 64 heavy (non-hydrogen) atoms. The predicted octanol–water partition coefficient (Wildman–Crippen LogP) is 16.3. The van der Waals surface area contributed by atoms with Crippen LogP contribution >= 0.6 is 11.3 Å². The van der Waals surface area contributed by atoms with Gasteiger partial charge >= 0.3 is 0 Å². The topological polar surface area (TPSA) is 43.6 Å². The molecule has 4 heterocycles. The number of fused-ring (bicyclic) bond motifs is 6. The third kappa shape index (κ3) is 7.07. The van der Waals surface area contributed by atoms with Crippen molar-refractivity contribution in [1.82, 2.24) is 19.5 Å². The summed E-state index contributed by atoms with van der Waals surface area (Å²) in [4.78, 5) is 15.2. The van der Waals surface area contributed by atoms with Crippen LogP contribution in [0.4, 0.5) is 0 Å². The first-order chi connectivity index (χ1) is 31.0. The number of aromatic nitrogens is 4. The van der Waals surface area contributed by atoms with Gasteiger partial charge in [-0.2, -0.15) is 0 Å². The van der Waals surface area contributed by atoms with E-state index >= 15 is 0 Å². The van der Waals surface area contributed by atoms with E-state index in [0.717, 1.165) is 39.3 Å². The molecule has 7 aromatic carbocycles. The lowest BCUT2D eigenvalue weighted by molar-refractivity contribution is 0.568. The van der Waals surface area contributed by atoms with E-state index in [-0.39, 0.29) is 10.8 Å². The van der Waals surface area contributed by atoms with E-state index in [4.69, 9.17) is 15.0 Å². The molecule has 5 heteroatoms. The molecule has 310 valence electrons. The summed E-state index contributed by atoms with van der Waals surface area (Å²) in [6, 6.07) is 63.4. The average Bonchev–Trinajstić information content (AvgIpc) is 3.86. The van der Waals surface area contributed by atoms with Crippen LogP contribution in [0.1, 0.15) is 52.7 Å². The van der Waals surface area contributed by atoms with Crippen LogP contribution in [0.3, 0.4) is 0 Å². The van der Waals surface area contributed by atoms with Gasteiger partial charge in [-0.05, 0) is 87.7 Å². The van der Waals surface area contributed by atoms with Crippen LogP contribution in [-0.2, 0) is 10.8 Å². The smallest absolute Gasteiger partial charge is 0.160 e. The highest BCUT2D eigenvalue weighted by Gasteiger charge is 2.23. The van der Waals surface area contributed by atoms with Crippen molar-refractivity contribution in [2.75, 3.05) is 0 Å². The average molecular weight is 845 g/mol.